The fraction of sp³-hybridized carbons (Fsp3) is 0.133. The Hall–Kier alpha value is -2.16. The second kappa shape index (κ2) is 5.00. The quantitative estimate of drug-likeness (QED) is 0.759. The normalized spacial score (nSPS) is 10.2. The number of carbonyl (C=O) groups excluding carboxylic acids is 1. The molecule has 0 aliphatic rings. The van der Waals surface area contributed by atoms with Crippen LogP contribution in [0.2, 0.25) is 0 Å². The number of aryl methyl sites for hydroxylation is 1. The number of hydrogen-bond donors (Lipinski definition) is 0. The highest BCUT2D eigenvalue weighted by molar-refractivity contribution is 5.94. The van der Waals surface area contributed by atoms with Crippen LogP contribution < -0.4 is 4.74 Å². The molecule has 0 amide bonds. The van der Waals surface area contributed by atoms with Gasteiger partial charge in [0.05, 0.1) is 0 Å². The molecule has 0 atom stereocenters. The number of hydrogen-bond acceptors (Lipinski definition) is 2. The molecule has 0 aromatic heterocycles. The lowest BCUT2D eigenvalue weighted by atomic mass is 10.1. The molecule has 0 aliphatic carbocycles. The number of carbonyl (C=O) groups is 1. The summed E-state index contributed by atoms with van der Waals surface area (Å²) in [6, 6.07) is 11.2. The monoisotopic (exact) mass is 244 g/mol. The fourth-order valence-electron chi connectivity index (χ4n) is 1.61. The largest absolute Gasteiger partial charge is 0.457 e. The zero-order valence-electron chi connectivity index (χ0n) is 10.2. The average molecular weight is 244 g/mol. The van der Waals surface area contributed by atoms with E-state index < -0.39 is 0 Å². The molecular formula is C15H13FO2. The van der Waals surface area contributed by atoms with E-state index in [1.165, 1.54) is 19.1 Å². The summed E-state index contributed by atoms with van der Waals surface area (Å²) in [6.45, 7) is 3.29. The van der Waals surface area contributed by atoms with Gasteiger partial charge in [-0.1, -0.05) is 0 Å². The SMILES string of the molecule is CC(=O)c1ccc(Oc2ccc(F)cc2C)cc1. The minimum atomic E-state index is -0.285. The van der Waals surface area contributed by atoms with Crippen molar-refractivity contribution in [2.24, 2.45) is 0 Å². The zero-order valence-corrected chi connectivity index (χ0v) is 10.2. The molecule has 0 unspecified atom stereocenters. The molecule has 2 aromatic carbocycles. The summed E-state index contributed by atoms with van der Waals surface area (Å²) >= 11 is 0. The molecule has 2 aromatic rings. The van der Waals surface area contributed by atoms with Crippen molar-refractivity contribution in [1.82, 2.24) is 0 Å². The molecular weight excluding hydrogens is 231 g/mol. The van der Waals surface area contributed by atoms with Crippen molar-refractivity contribution in [2.45, 2.75) is 13.8 Å². The Morgan fingerprint density at radius 3 is 2.33 bits per heavy atom. The smallest absolute Gasteiger partial charge is 0.159 e. The van der Waals surface area contributed by atoms with Crippen LogP contribution in [-0.2, 0) is 0 Å². The van der Waals surface area contributed by atoms with Crippen molar-refractivity contribution in [1.29, 1.82) is 0 Å². The van der Waals surface area contributed by atoms with E-state index in [1.54, 1.807) is 37.3 Å². The van der Waals surface area contributed by atoms with E-state index >= 15 is 0 Å². The minimum absolute atomic E-state index is 0.0134. The summed E-state index contributed by atoms with van der Waals surface area (Å²) < 4.78 is 18.6. The molecule has 0 heterocycles. The van der Waals surface area contributed by atoms with Crippen LogP contribution in [0.15, 0.2) is 42.5 Å². The molecule has 2 rings (SSSR count). The molecule has 0 saturated carbocycles. The van der Waals surface area contributed by atoms with E-state index in [0.717, 1.165) is 5.56 Å². The van der Waals surface area contributed by atoms with Gasteiger partial charge in [0.1, 0.15) is 17.3 Å². The van der Waals surface area contributed by atoms with Crippen molar-refractivity contribution >= 4 is 5.78 Å². The van der Waals surface area contributed by atoms with Crippen LogP contribution in [0.1, 0.15) is 22.8 Å². The molecule has 0 spiro atoms. The molecule has 18 heavy (non-hydrogen) atoms. The van der Waals surface area contributed by atoms with Gasteiger partial charge in [0, 0.05) is 5.56 Å². The number of Topliss-reactive ketones (excluding diaryl/α,β-unsaturated/α-hetero) is 1. The molecule has 0 saturated heterocycles. The maximum atomic E-state index is 12.9. The second-order valence-corrected chi connectivity index (χ2v) is 4.09. The van der Waals surface area contributed by atoms with Crippen LogP contribution >= 0.6 is 0 Å². The van der Waals surface area contributed by atoms with E-state index in [-0.39, 0.29) is 11.6 Å². The topological polar surface area (TPSA) is 26.3 Å². The van der Waals surface area contributed by atoms with Gasteiger partial charge in [-0.2, -0.15) is 0 Å². The van der Waals surface area contributed by atoms with Crippen molar-refractivity contribution in [3.05, 3.63) is 59.4 Å². The first-order valence-corrected chi connectivity index (χ1v) is 5.61. The Kier molecular flexibility index (Phi) is 3.42. The molecule has 0 aliphatic heterocycles. The standard InChI is InChI=1S/C15H13FO2/c1-10-9-13(16)5-8-15(10)18-14-6-3-12(4-7-14)11(2)17/h3-9H,1-2H3. The first-order valence-electron chi connectivity index (χ1n) is 5.61. The van der Waals surface area contributed by atoms with E-state index in [4.69, 9.17) is 4.74 Å². The van der Waals surface area contributed by atoms with Crippen molar-refractivity contribution in [2.75, 3.05) is 0 Å². The number of ether oxygens (including phenoxy) is 1. The third-order valence-corrected chi connectivity index (χ3v) is 2.63. The lowest BCUT2D eigenvalue weighted by Crippen LogP contribution is -1.92. The fourth-order valence-corrected chi connectivity index (χ4v) is 1.61. The lowest BCUT2D eigenvalue weighted by Gasteiger charge is -2.08. The Morgan fingerprint density at radius 1 is 1.11 bits per heavy atom. The van der Waals surface area contributed by atoms with Gasteiger partial charge < -0.3 is 4.74 Å². The number of ketones is 1. The minimum Gasteiger partial charge on any atom is -0.457 e. The van der Waals surface area contributed by atoms with Crippen molar-refractivity contribution in [3.63, 3.8) is 0 Å². The van der Waals surface area contributed by atoms with Crippen molar-refractivity contribution < 1.29 is 13.9 Å². The Bertz CT molecular complexity index is 574. The third-order valence-electron chi connectivity index (χ3n) is 2.63. The maximum absolute atomic E-state index is 12.9. The molecule has 0 N–H and O–H groups in total. The number of rotatable bonds is 3. The van der Waals surface area contributed by atoms with Crippen LogP contribution in [-0.4, -0.2) is 5.78 Å². The molecule has 0 radical (unpaired) electrons. The Balaban J connectivity index is 2.21. The van der Waals surface area contributed by atoms with Crippen LogP contribution in [0.25, 0.3) is 0 Å². The van der Waals surface area contributed by atoms with Gasteiger partial charge in [0.2, 0.25) is 0 Å². The lowest BCUT2D eigenvalue weighted by molar-refractivity contribution is 0.101. The summed E-state index contributed by atoms with van der Waals surface area (Å²) in [4.78, 5) is 11.1. The van der Waals surface area contributed by atoms with Gasteiger partial charge in [-0.25, -0.2) is 4.39 Å². The predicted octanol–water partition coefficient (Wildman–Crippen LogP) is 4.13. The highest BCUT2D eigenvalue weighted by Crippen LogP contribution is 2.25. The highest BCUT2D eigenvalue weighted by atomic mass is 19.1. The summed E-state index contributed by atoms with van der Waals surface area (Å²) in [5.41, 5.74) is 1.36. The van der Waals surface area contributed by atoms with E-state index in [2.05, 4.69) is 0 Å². The number of halogens is 1. The first kappa shape index (κ1) is 12.3. The molecule has 3 heteroatoms. The van der Waals surface area contributed by atoms with Crippen LogP contribution in [0.4, 0.5) is 4.39 Å². The summed E-state index contributed by atoms with van der Waals surface area (Å²) in [5, 5.41) is 0. The van der Waals surface area contributed by atoms with Crippen LogP contribution in [0.5, 0.6) is 11.5 Å². The predicted molar refractivity (Wildman–Crippen MR) is 67.7 cm³/mol. The van der Waals surface area contributed by atoms with E-state index in [1.807, 2.05) is 0 Å². The summed E-state index contributed by atoms with van der Waals surface area (Å²) in [5.74, 6) is 0.952. The maximum Gasteiger partial charge on any atom is 0.159 e. The second-order valence-electron chi connectivity index (χ2n) is 4.09. The van der Waals surface area contributed by atoms with Crippen molar-refractivity contribution in [3.8, 4) is 11.5 Å². The molecule has 0 bridgehead atoms. The van der Waals surface area contributed by atoms with E-state index in [9.17, 15) is 9.18 Å². The van der Waals surface area contributed by atoms with Gasteiger partial charge in [-0.05, 0) is 61.9 Å². The average Bonchev–Trinajstić information content (AvgIpc) is 2.33. The Morgan fingerprint density at radius 2 is 1.78 bits per heavy atom. The molecule has 92 valence electrons. The highest BCUT2D eigenvalue weighted by Gasteiger charge is 2.04. The van der Waals surface area contributed by atoms with Crippen LogP contribution in [0, 0.1) is 12.7 Å². The molecule has 0 fully saturated rings. The summed E-state index contributed by atoms with van der Waals surface area (Å²) in [7, 11) is 0. The number of benzene rings is 2. The van der Waals surface area contributed by atoms with Gasteiger partial charge >= 0.3 is 0 Å². The van der Waals surface area contributed by atoms with E-state index in [0.29, 0.717) is 17.1 Å². The van der Waals surface area contributed by atoms with Gasteiger partial charge in [0.15, 0.2) is 5.78 Å². The van der Waals surface area contributed by atoms with Gasteiger partial charge in [-0.3, -0.25) is 4.79 Å². The first-order chi connectivity index (χ1) is 8.56. The zero-order chi connectivity index (χ0) is 13.1. The van der Waals surface area contributed by atoms with Gasteiger partial charge in [0.25, 0.3) is 0 Å². The Labute approximate surface area is 105 Å². The molecule has 2 nitrogen and oxygen atoms in total. The van der Waals surface area contributed by atoms with Gasteiger partial charge in [-0.15, -0.1) is 0 Å². The van der Waals surface area contributed by atoms with Crippen LogP contribution in [0.3, 0.4) is 0 Å². The third kappa shape index (κ3) is 2.74. The summed E-state index contributed by atoms with van der Waals surface area (Å²) in [6.07, 6.45) is 0.